The summed E-state index contributed by atoms with van der Waals surface area (Å²) in [6.07, 6.45) is 0. The van der Waals surface area contributed by atoms with Crippen molar-refractivity contribution in [1.82, 2.24) is 5.32 Å². The number of hydrogen-bond donors (Lipinski definition) is 1. The first-order valence-electron chi connectivity index (χ1n) is 6.29. The van der Waals surface area contributed by atoms with Crippen LogP contribution in [0, 0.1) is 5.82 Å². The van der Waals surface area contributed by atoms with Crippen LogP contribution >= 0.6 is 11.6 Å². The van der Waals surface area contributed by atoms with Gasteiger partial charge in [0, 0.05) is 10.4 Å². The molecule has 2 aromatic carbocycles. The van der Waals surface area contributed by atoms with E-state index in [1.165, 1.54) is 12.1 Å². The second-order valence-corrected chi connectivity index (χ2v) is 5.04. The molecule has 0 radical (unpaired) electrons. The van der Waals surface area contributed by atoms with Crippen LogP contribution in [-0.2, 0) is 0 Å². The molecular weight excluding hydrogens is 277 g/mol. The zero-order chi connectivity index (χ0) is 14.1. The Bertz CT molecular complexity index is 753. The Morgan fingerprint density at radius 1 is 1.15 bits per heavy atom. The monoisotopic (exact) mass is 289 g/mol. The molecule has 0 aliphatic heterocycles. The molecule has 3 rings (SSSR count). The molecule has 0 fully saturated rings. The highest BCUT2D eigenvalue weighted by atomic mass is 35.5. The summed E-state index contributed by atoms with van der Waals surface area (Å²) >= 11 is 6.02. The third-order valence-corrected chi connectivity index (χ3v) is 3.49. The van der Waals surface area contributed by atoms with Gasteiger partial charge in [-0.3, -0.25) is 0 Å². The summed E-state index contributed by atoms with van der Waals surface area (Å²) < 4.78 is 19.0. The molecule has 0 spiro atoms. The lowest BCUT2D eigenvalue weighted by Gasteiger charge is -2.14. The van der Waals surface area contributed by atoms with E-state index in [-0.39, 0.29) is 11.9 Å². The topological polar surface area (TPSA) is 25.2 Å². The first-order valence-corrected chi connectivity index (χ1v) is 6.67. The van der Waals surface area contributed by atoms with Gasteiger partial charge < -0.3 is 9.73 Å². The molecule has 20 heavy (non-hydrogen) atoms. The van der Waals surface area contributed by atoms with E-state index >= 15 is 0 Å². The number of nitrogens with one attached hydrogen (secondary N) is 1. The zero-order valence-electron chi connectivity index (χ0n) is 10.9. The molecule has 2 nitrogen and oxygen atoms in total. The van der Waals surface area contributed by atoms with Gasteiger partial charge in [0.2, 0.25) is 0 Å². The van der Waals surface area contributed by atoms with Gasteiger partial charge in [-0.15, -0.1) is 0 Å². The lowest BCUT2D eigenvalue weighted by Crippen LogP contribution is -2.16. The van der Waals surface area contributed by atoms with Crippen LogP contribution in [0.5, 0.6) is 0 Å². The molecule has 1 unspecified atom stereocenters. The van der Waals surface area contributed by atoms with Gasteiger partial charge in [-0.1, -0.05) is 23.7 Å². The Kier molecular flexibility index (Phi) is 3.47. The molecule has 1 atom stereocenters. The fourth-order valence-electron chi connectivity index (χ4n) is 2.34. The van der Waals surface area contributed by atoms with Crippen molar-refractivity contribution in [3.63, 3.8) is 0 Å². The van der Waals surface area contributed by atoms with Crippen molar-refractivity contribution < 1.29 is 8.81 Å². The maximum absolute atomic E-state index is 13.2. The molecule has 0 aliphatic carbocycles. The molecule has 0 amide bonds. The van der Waals surface area contributed by atoms with E-state index < -0.39 is 0 Å². The molecule has 1 aromatic heterocycles. The molecule has 1 heterocycles. The van der Waals surface area contributed by atoms with Crippen LogP contribution in [0.2, 0.25) is 5.02 Å². The van der Waals surface area contributed by atoms with Gasteiger partial charge in [-0.25, -0.2) is 4.39 Å². The van der Waals surface area contributed by atoms with Gasteiger partial charge in [-0.05, 0) is 49.0 Å². The minimum atomic E-state index is -0.270. The fourth-order valence-corrected chi connectivity index (χ4v) is 2.54. The largest absolute Gasteiger partial charge is 0.459 e. The minimum absolute atomic E-state index is 0.121. The summed E-state index contributed by atoms with van der Waals surface area (Å²) in [6, 6.07) is 13.8. The van der Waals surface area contributed by atoms with E-state index in [1.807, 2.05) is 37.4 Å². The van der Waals surface area contributed by atoms with E-state index in [4.69, 9.17) is 16.0 Å². The van der Waals surface area contributed by atoms with E-state index in [1.54, 1.807) is 6.07 Å². The van der Waals surface area contributed by atoms with Gasteiger partial charge in [0.1, 0.15) is 17.2 Å². The van der Waals surface area contributed by atoms with Gasteiger partial charge in [0.05, 0.1) is 6.04 Å². The van der Waals surface area contributed by atoms with Gasteiger partial charge >= 0.3 is 0 Å². The summed E-state index contributed by atoms with van der Waals surface area (Å²) in [5.41, 5.74) is 1.67. The van der Waals surface area contributed by atoms with Gasteiger partial charge in [0.15, 0.2) is 0 Å². The SMILES string of the molecule is CNC(c1cccc(Cl)c1)c1cc2cc(F)ccc2o1. The van der Waals surface area contributed by atoms with Crippen LogP contribution in [0.3, 0.4) is 0 Å². The van der Waals surface area contributed by atoms with E-state index in [0.717, 1.165) is 16.7 Å². The Morgan fingerprint density at radius 2 is 2.00 bits per heavy atom. The van der Waals surface area contributed by atoms with E-state index in [2.05, 4.69) is 5.32 Å². The van der Waals surface area contributed by atoms with Crippen LogP contribution in [0.15, 0.2) is 52.9 Å². The highest BCUT2D eigenvalue weighted by molar-refractivity contribution is 6.30. The molecule has 0 bridgehead atoms. The molecule has 4 heteroatoms. The smallest absolute Gasteiger partial charge is 0.134 e. The first kappa shape index (κ1) is 13.2. The molecule has 3 aromatic rings. The van der Waals surface area contributed by atoms with Crippen molar-refractivity contribution in [3.05, 3.63) is 70.7 Å². The number of hydrogen-bond acceptors (Lipinski definition) is 2. The maximum atomic E-state index is 13.2. The summed E-state index contributed by atoms with van der Waals surface area (Å²) in [5.74, 6) is 0.462. The van der Waals surface area contributed by atoms with Crippen molar-refractivity contribution in [3.8, 4) is 0 Å². The highest BCUT2D eigenvalue weighted by Crippen LogP contribution is 2.29. The molecule has 0 aliphatic rings. The normalized spacial score (nSPS) is 12.8. The number of rotatable bonds is 3. The van der Waals surface area contributed by atoms with E-state index in [0.29, 0.717) is 10.6 Å². The van der Waals surface area contributed by atoms with Crippen LogP contribution in [0.1, 0.15) is 17.4 Å². The van der Waals surface area contributed by atoms with Crippen LogP contribution in [-0.4, -0.2) is 7.05 Å². The van der Waals surface area contributed by atoms with Crippen molar-refractivity contribution in [2.45, 2.75) is 6.04 Å². The molecule has 0 saturated heterocycles. The standard InChI is InChI=1S/C16H13ClFNO/c1-19-16(10-3-2-4-12(17)7-10)15-9-11-8-13(18)5-6-14(11)20-15/h2-9,16,19H,1H3. The predicted molar refractivity (Wildman–Crippen MR) is 78.5 cm³/mol. The third kappa shape index (κ3) is 2.42. The van der Waals surface area contributed by atoms with Crippen molar-refractivity contribution in [2.75, 3.05) is 7.05 Å². The van der Waals surface area contributed by atoms with Crippen LogP contribution in [0.4, 0.5) is 4.39 Å². The number of furan rings is 1. The predicted octanol–water partition coefficient (Wildman–Crippen LogP) is 4.53. The lowest BCUT2D eigenvalue weighted by molar-refractivity contribution is 0.491. The van der Waals surface area contributed by atoms with Crippen LogP contribution in [0.25, 0.3) is 11.0 Å². The third-order valence-electron chi connectivity index (χ3n) is 3.25. The maximum Gasteiger partial charge on any atom is 0.134 e. The summed E-state index contributed by atoms with van der Waals surface area (Å²) in [6.45, 7) is 0. The number of fused-ring (bicyclic) bond motifs is 1. The average Bonchev–Trinajstić information content (AvgIpc) is 2.82. The van der Waals surface area contributed by atoms with Crippen molar-refractivity contribution in [1.29, 1.82) is 0 Å². The van der Waals surface area contributed by atoms with Crippen molar-refractivity contribution in [2.24, 2.45) is 0 Å². The fraction of sp³-hybridized carbons (Fsp3) is 0.125. The molecule has 1 N–H and O–H groups in total. The Hall–Kier alpha value is -1.84. The second kappa shape index (κ2) is 5.27. The Balaban J connectivity index is 2.07. The summed E-state index contributed by atoms with van der Waals surface area (Å²) in [7, 11) is 1.85. The quantitative estimate of drug-likeness (QED) is 0.766. The zero-order valence-corrected chi connectivity index (χ0v) is 11.6. The van der Waals surface area contributed by atoms with Gasteiger partial charge in [-0.2, -0.15) is 0 Å². The number of benzene rings is 2. The molecule has 102 valence electrons. The molecule has 0 saturated carbocycles. The van der Waals surface area contributed by atoms with E-state index in [9.17, 15) is 4.39 Å². The number of halogens is 2. The van der Waals surface area contributed by atoms with Crippen LogP contribution < -0.4 is 5.32 Å². The lowest BCUT2D eigenvalue weighted by atomic mass is 10.0. The highest BCUT2D eigenvalue weighted by Gasteiger charge is 2.17. The first-order chi connectivity index (χ1) is 9.67. The Morgan fingerprint density at radius 3 is 2.75 bits per heavy atom. The molecular formula is C16H13ClFNO. The summed E-state index contributed by atoms with van der Waals surface area (Å²) in [4.78, 5) is 0. The van der Waals surface area contributed by atoms with Gasteiger partial charge in [0.25, 0.3) is 0 Å². The average molecular weight is 290 g/mol. The van der Waals surface area contributed by atoms with Crippen molar-refractivity contribution >= 4 is 22.6 Å². The Labute approximate surface area is 121 Å². The summed E-state index contributed by atoms with van der Waals surface area (Å²) in [5, 5.41) is 4.61. The second-order valence-electron chi connectivity index (χ2n) is 4.61. The minimum Gasteiger partial charge on any atom is -0.459 e.